The van der Waals surface area contributed by atoms with Crippen LogP contribution in [0.4, 0.5) is 0 Å². The van der Waals surface area contributed by atoms with E-state index in [1.165, 1.54) is 18.4 Å². The number of benzene rings is 2. The largest absolute Gasteiger partial charge is 0.350 e. The molecule has 1 fully saturated rings. The van der Waals surface area contributed by atoms with Crippen LogP contribution in [0, 0.1) is 0 Å². The predicted octanol–water partition coefficient (Wildman–Crippen LogP) is 3.91. The molecule has 0 radical (unpaired) electrons. The summed E-state index contributed by atoms with van der Waals surface area (Å²) in [5.74, 6) is -0.115. The third kappa shape index (κ3) is 3.92. The van der Waals surface area contributed by atoms with Gasteiger partial charge in [-0.3, -0.25) is 9.69 Å². The van der Waals surface area contributed by atoms with Gasteiger partial charge >= 0.3 is 0 Å². The van der Waals surface area contributed by atoms with Crippen molar-refractivity contribution in [1.82, 2.24) is 10.2 Å². The van der Waals surface area contributed by atoms with Crippen molar-refractivity contribution in [2.24, 2.45) is 0 Å². The Morgan fingerprint density at radius 2 is 1.70 bits per heavy atom. The molecule has 1 aliphatic rings. The zero-order valence-corrected chi connectivity index (χ0v) is 13.8. The molecule has 2 aromatic rings. The van der Waals surface area contributed by atoms with Gasteiger partial charge in [-0.25, -0.2) is 0 Å². The van der Waals surface area contributed by atoms with Gasteiger partial charge in [0.1, 0.15) is 0 Å². The van der Waals surface area contributed by atoms with Crippen LogP contribution in [0.15, 0.2) is 54.6 Å². The highest BCUT2D eigenvalue weighted by molar-refractivity contribution is 6.33. The molecule has 120 valence electrons. The van der Waals surface area contributed by atoms with Gasteiger partial charge in [0, 0.05) is 6.54 Å². The van der Waals surface area contributed by atoms with E-state index in [2.05, 4.69) is 22.3 Å². The van der Waals surface area contributed by atoms with Gasteiger partial charge in [0.05, 0.1) is 16.6 Å². The van der Waals surface area contributed by atoms with E-state index in [1.807, 2.05) is 30.3 Å². The smallest absolute Gasteiger partial charge is 0.252 e. The fourth-order valence-corrected chi connectivity index (χ4v) is 3.34. The second-order valence-electron chi connectivity index (χ2n) is 5.86. The van der Waals surface area contributed by atoms with E-state index in [4.69, 9.17) is 11.6 Å². The monoisotopic (exact) mass is 328 g/mol. The predicted molar refractivity (Wildman–Crippen MR) is 93.8 cm³/mol. The minimum Gasteiger partial charge on any atom is -0.350 e. The highest BCUT2D eigenvalue weighted by atomic mass is 35.5. The molecule has 0 aromatic heterocycles. The Balaban J connectivity index is 1.72. The first-order chi connectivity index (χ1) is 11.3. The van der Waals surface area contributed by atoms with E-state index in [1.54, 1.807) is 12.1 Å². The summed E-state index contributed by atoms with van der Waals surface area (Å²) < 4.78 is 0. The first kappa shape index (κ1) is 16.0. The van der Waals surface area contributed by atoms with Crippen LogP contribution < -0.4 is 5.32 Å². The van der Waals surface area contributed by atoms with Gasteiger partial charge in [-0.2, -0.15) is 0 Å². The topological polar surface area (TPSA) is 32.3 Å². The van der Waals surface area contributed by atoms with Crippen LogP contribution in [-0.4, -0.2) is 30.4 Å². The molecule has 0 bridgehead atoms. The second-order valence-corrected chi connectivity index (χ2v) is 6.27. The first-order valence-corrected chi connectivity index (χ1v) is 8.45. The number of nitrogens with one attached hydrogen (secondary N) is 1. The molecule has 1 heterocycles. The molecule has 0 aliphatic carbocycles. The molecule has 1 saturated heterocycles. The average molecular weight is 329 g/mol. The number of halogens is 1. The summed E-state index contributed by atoms with van der Waals surface area (Å²) in [4.78, 5) is 14.8. The molecule has 4 heteroatoms. The quantitative estimate of drug-likeness (QED) is 0.902. The maximum Gasteiger partial charge on any atom is 0.252 e. The summed E-state index contributed by atoms with van der Waals surface area (Å²) >= 11 is 6.11. The fourth-order valence-electron chi connectivity index (χ4n) is 3.12. The molecule has 3 nitrogen and oxygen atoms in total. The molecule has 1 N–H and O–H groups in total. The van der Waals surface area contributed by atoms with Crippen molar-refractivity contribution in [3.63, 3.8) is 0 Å². The van der Waals surface area contributed by atoms with Crippen LogP contribution in [0.25, 0.3) is 0 Å². The molecule has 2 aromatic carbocycles. The van der Waals surface area contributed by atoms with Crippen molar-refractivity contribution in [2.75, 3.05) is 19.6 Å². The number of hydrogen-bond acceptors (Lipinski definition) is 2. The molecule has 0 spiro atoms. The normalized spacial score (nSPS) is 16.2. The van der Waals surface area contributed by atoms with Crippen molar-refractivity contribution in [3.05, 3.63) is 70.7 Å². The van der Waals surface area contributed by atoms with Crippen LogP contribution in [0.5, 0.6) is 0 Å². The number of carbonyl (C=O) groups is 1. The Kier molecular flexibility index (Phi) is 5.31. The fraction of sp³-hybridized carbons (Fsp3) is 0.316. The molecule has 1 amide bonds. The number of rotatable bonds is 5. The third-order valence-electron chi connectivity index (χ3n) is 4.34. The number of hydrogen-bond donors (Lipinski definition) is 1. The summed E-state index contributed by atoms with van der Waals surface area (Å²) in [6.45, 7) is 2.76. The van der Waals surface area contributed by atoms with Crippen molar-refractivity contribution in [2.45, 2.75) is 18.9 Å². The molecule has 1 atom stereocenters. The van der Waals surface area contributed by atoms with Crippen LogP contribution in [0.3, 0.4) is 0 Å². The molecule has 1 aliphatic heterocycles. The maximum absolute atomic E-state index is 12.4. The van der Waals surface area contributed by atoms with Crippen LogP contribution in [0.1, 0.15) is 34.8 Å². The second kappa shape index (κ2) is 7.62. The van der Waals surface area contributed by atoms with Gasteiger partial charge in [-0.1, -0.05) is 54.1 Å². The first-order valence-electron chi connectivity index (χ1n) is 8.07. The lowest BCUT2D eigenvalue weighted by atomic mass is 10.1. The Hall–Kier alpha value is -1.84. The lowest BCUT2D eigenvalue weighted by molar-refractivity contribution is 0.0938. The number of amides is 1. The van der Waals surface area contributed by atoms with E-state index >= 15 is 0 Å². The molecule has 0 saturated carbocycles. The average Bonchev–Trinajstić information content (AvgIpc) is 3.10. The van der Waals surface area contributed by atoms with Gasteiger partial charge in [0.25, 0.3) is 5.91 Å². The Bertz CT molecular complexity index is 653. The lowest BCUT2D eigenvalue weighted by Gasteiger charge is -2.28. The summed E-state index contributed by atoms with van der Waals surface area (Å²) in [7, 11) is 0. The van der Waals surface area contributed by atoms with Crippen molar-refractivity contribution in [1.29, 1.82) is 0 Å². The van der Waals surface area contributed by atoms with Crippen LogP contribution >= 0.6 is 11.6 Å². The standard InChI is InChI=1S/C19H21ClN2O/c20-17-11-5-4-10-16(17)19(23)21-14-18(22-12-6-7-13-22)15-8-2-1-3-9-15/h1-5,8-11,18H,6-7,12-14H2,(H,21,23). The third-order valence-corrected chi connectivity index (χ3v) is 4.67. The molecule has 1 unspecified atom stereocenters. The Morgan fingerprint density at radius 1 is 1.04 bits per heavy atom. The van der Waals surface area contributed by atoms with Crippen molar-refractivity contribution >= 4 is 17.5 Å². The lowest BCUT2D eigenvalue weighted by Crippen LogP contribution is -2.36. The highest BCUT2D eigenvalue weighted by Crippen LogP contribution is 2.24. The van der Waals surface area contributed by atoms with E-state index in [-0.39, 0.29) is 11.9 Å². The highest BCUT2D eigenvalue weighted by Gasteiger charge is 2.24. The minimum absolute atomic E-state index is 0.115. The molecule has 3 rings (SSSR count). The van der Waals surface area contributed by atoms with Crippen molar-refractivity contribution < 1.29 is 4.79 Å². The number of likely N-dealkylation sites (tertiary alicyclic amines) is 1. The van der Waals surface area contributed by atoms with E-state index in [0.717, 1.165) is 13.1 Å². The number of nitrogens with zero attached hydrogens (tertiary/aromatic N) is 1. The maximum atomic E-state index is 12.4. The minimum atomic E-state index is -0.115. The van der Waals surface area contributed by atoms with Gasteiger partial charge in [0.2, 0.25) is 0 Å². The zero-order chi connectivity index (χ0) is 16.1. The Morgan fingerprint density at radius 3 is 2.39 bits per heavy atom. The summed E-state index contributed by atoms with van der Waals surface area (Å²) in [5.41, 5.74) is 1.77. The van der Waals surface area contributed by atoms with Gasteiger partial charge in [-0.05, 0) is 43.6 Å². The van der Waals surface area contributed by atoms with Gasteiger partial charge in [0.15, 0.2) is 0 Å². The summed E-state index contributed by atoms with van der Waals surface area (Å²) in [5, 5.41) is 3.54. The van der Waals surface area contributed by atoms with Gasteiger partial charge in [-0.15, -0.1) is 0 Å². The van der Waals surface area contributed by atoms with E-state index in [0.29, 0.717) is 17.1 Å². The molecular formula is C19H21ClN2O. The van der Waals surface area contributed by atoms with E-state index < -0.39 is 0 Å². The summed E-state index contributed by atoms with van der Waals surface area (Å²) in [6, 6.07) is 17.7. The number of carbonyl (C=O) groups excluding carboxylic acids is 1. The molecule has 23 heavy (non-hydrogen) atoms. The Labute approximate surface area is 142 Å². The van der Waals surface area contributed by atoms with Crippen LogP contribution in [-0.2, 0) is 0 Å². The summed E-state index contributed by atoms with van der Waals surface area (Å²) in [6.07, 6.45) is 2.45. The zero-order valence-electron chi connectivity index (χ0n) is 13.0. The van der Waals surface area contributed by atoms with Gasteiger partial charge < -0.3 is 5.32 Å². The molecular weight excluding hydrogens is 308 g/mol. The SMILES string of the molecule is O=C(NCC(c1ccccc1)N1CCCC1)c1ccccc1Cl. The van der Waals surface area contributed by atoms with E-state index in [9.17, 15) is 4.79 Å². The van der Waals surface area contributed by atoms with Crippen molar-refractivity contribution in [3.8, 4) is 0 Å². The van der Waals surface area contributed by atoms with Crippen LogP contribution in [0.2, 0.25) is 5.02 Å².